The van der Waals surface area contributed by atoms with E-state index < -0.39 is 9.84 Å². The first-order chi connectivity index (χ1) is 7.06. The zero-order chi connectivity index (χ0) is 11.3. The van der Waals surface area contributed by atoms with Crippen LogP contribution in [0.25, 0.3) is 0 Å². The van der Waals surface area contributed by atoms with E-state index in [1.807, 2.05) is 0 Å². The molecule has 1 aromatic heterocycles. The Morgan fingerprint density at radius 2 is 2.00 bits per heavy atom. The quantitative estimate of drug-likeness (QED) is 0.806. The second kappa shape index (κ2) is 5.23. The number of pyridine rings is 1. The molecule has 1 rings (SSSR count). The minimum absolute atomic E-state index is 0.0662. The van der Waals surface area contributed by atoms with E-state index in [0.29, 0.717) is 13.0 Å². The zero-order valence-electron chi connectivity index (χ0n) is 8.76. The summed E-state index contributed by atoms with van der Waals surface area (Å²) in [4.78, 5) is 3.84. The molecule has 0 bridgehead atoms. The molecule has 4 nitrogen and oxygen atoms in total. The van der Waals surface area contributed by atoms with Gasteiger partial charge in [-0.2, -0.15) is 0 Å². The van der Waals surface area contributed by atoms with E-state index in [1.165, 1.54) is 0 Å². The maximum absolute atomic E-state index is 11.8. The maximum atomic E-state index is 11.8. The molecule has 0 radical (unpaired) electrons. The molecule has 1 heterocycles. The smallest absolute Gasteiger partial charge is 0.157 e. The Morgan fingerprint density at radius 3 is 2.53 bits per heavy atom. The van der Waals surface area contributed by atoms with Gasteiger partial charge in [0.05, 0.1) is 11.0 Å². The second-order valence-electron chi connectivity index (χ2n) is 3.55. The average Bonchev–Trinajstić information content (AvgIpc) is 2.19. The lowest BCUT2D eigenvalue weighted by molar-refractivity contribution is 0.577. The van der Waals surface area contributed by atoms with Crippen molar-refractivity contribution in [2.75, 3.05) is 6.54 Å². The van der Waals surface area contributed by atoms with Gasteiger partial charge in [-0.3, -0.25) is 4.98 Å². The van der Waals surface area contributed by atoms with Gasteiger partial charge in [-0.25, -0.2) is 8.42 Å². The van der Waals surface area contributed by atoms with Gasteiger partial charge in [-0.05, 0) is 37.6 Å². The third kappa shape index (κ3) is 3.60. The topological polar surface area (TPSA) is 73.1 Å². The van der Waals surface area contributed by atoms with Crippen LogP contribution in [0.1, 0.15) is 18.9 Å². The summed E-state index contributed by atoms with van der Waals surface area (Å²) in [6, 6.07) is 3.43. The molecule has 0 aliphatic rings. The van der Waals surface area contributed by atoms with Crippen molar-refractivity contribution < 1.29 is 8.42 Å². The van der Waals surface area contributed by atoms with Crippen LogP contribution in [0.2, 0.25) is 0 Å². The summed E-state index contributed by atoms with van der Waals surface area (Å²) in [5, 5.41) is -0.379. The summed E-state index contributed by atoms with van der Waals surface area (Å²) < 4.78 is 23.6. The van der Waals surface area contributed by atoms with E-state index in [-0.39, 0.29) is 11.0 Å². The van der Waals surface area contributed by atoms with Crippen LogP contribution in [0.3, 0.4) is 0 Å². The highest BCUT2D eigenvalue weighted by molar-refractivity contribution is 7.91. The highest BCUT2D eigenvalue weighted by Crippen LogP contribution is 2.12. The van der Waals surface area contributed by atoms with E-state index in [9.17, 15) is 8.42 Å². The van der Waals surface area contributed by atoms with Gasteiger partial charge in [0.25, 0.3) is 0 Å². The lowest BCUT2D eigenvalue weighted by Crippen LogP contribution is -2.22. The summed E-state index contributed by atoms with van der Waals surface area (Å²) in [5.74, 6) is 0.0662. The van der Waals surface area contributed by atoms with Crippen LogP contribution >= 0.6 is 0 Å². The lowest BCUT2D eigenvalue weighted by atomic mass is 10.3. The van der Waals surface area contributed by atoms with Gasteiger partial charge in [0.15, 0.2) is 9.84 Å². The Labute approximate surface area is 90.4 Å². The van der Waals surface area contributed by atoms with Crippen LogP contribution < -0.4 is 5.73 Å². The second-order valence-corrected chi connectivity index (χ2v) is 5.97. The van der Waals surface area contributed by atoms with E-state index in [1.54, 1.807) is 31.5 Å². The molecule has 15 heavy (non-hydrogen) atoms. The van der Waals surface area contributed by atoms with Crippen molar-refractivity contribution in [1.29, 1.82) is 0 Å². The largest absolute Gasteiger partial charge is 0.330 e. The molecule has 0 spiro atoms. The number of nitrogens with zero attached hydrogens (tertiary/aromatic N) is 1. The van der Waals surface area contributed by atoms with Crippen molar-refractivity contribution >= 4 is 9.84 Å². The van der Waals surface area contributed by atoms with E-state index in [2.05, 4.69) is 4.98 Å². The monoisotopic (exact) mass is 228 g/mol. The Bertz CT molecular complexity index is 389. The Hall–Kier alpha value is -0.940. The molecule has 1 aromatic rings. The Morgan fingerprint density at radius 1 is 1.40 bits per heavy atom. The number of nitrogens with two attached hydrogens (primary N) is 1. The van der Waals surface area contributed by atoms with Crippen molar-refractivity contribution in [2.45, 2.75) is 24.3 Å². The fourth-order valence-electron chi connectivity index (χ4n) is 1.27. The molecular weight excluding hydrogens is 212 g/mol. The molecule has 5 heteroatoms. The molecule has 0 aromatic carbocycles. The predicted molar refractivity (Wildman–Crippen MR) is 60.0 cm³/mol. The maximum Gasteiger partial charge on any atom is 0.157 e. The van der Waals surface area contributed by atoms with Gasteiger partial charge in [-0.15, -0.1) is 0 Å². The molecule has 0 fully saturated rings. The molecule has 1 unspecified atom stereocenters. The molecule has 0 saturated heterocycles. The molecule has 84 valence electrons. The number of rotatable bonds is 5. The first kappa shape index (κ1) is 12.1. The lowest BCUT2D eigenvalue weighted by Gasteiger charge is -2.11. The number of hydrogen-bond donors (Lipinski definition) is 1. The molecular formula is C10H16N2O2S. The van der Waals surface area contributed by atoms with Crippen molar-refractivity contribution in [3.05, 3.63) is 30.1 Å². The highest BCUT2D eigenvalue weighted by Gasteiger charge is 2.20. The van der Waals surface area contributed by atoms with Crippen molar-refractivity contribution in [3.8, 4) is 0 Å². The SMILES string of the molecule is CC(CCN)S(=O)(=O)Cc1ccncc1. The molecule has 1 atom stereocenters. The van der Waals surface area contributed by atoms with Gasteiger partial charge in [-0.1, -0.05) is 0 Å². The highest BCUT2D eigenvalue weighted by atomic mass is 32.2. The first-order valence-electron chi connectivity index (χ1n) is 4.87. The summed E-state index contributed by atoms with van der Waals surface area (Å²) in [6.45, 7) is 2.10. The first-order valence-corrected chi connectivity index (χ1v) is 6.58. The van der Waals surface area contributed by atoms with Gasteiger partial charge in [0.2, 0.25) is 0 Å². The van der Waals surface area contributed by atoms with Crippen LogP contribution in [0.15, 0.2) is 24.5 Å². The summed E-state index contributed by atoms with van der Waals surface area (Å²) in [7, 11) is -3.08. The average molecular weight is 228 g/mol. The van der Waals surface area contributed by atoms with E-state index in [4.69, 9.17) is 5.73 Å². The van der Waals surface area contributed by atoms with Crippen molar-refractivity contribution in [1.82, 2.24) is 4.98 Å². The van der Waals surface area contributed by atoms with Crippen LogP contribution in [0.5, 0.6) is 0 Å². The summed E-state index contributed by atoms with van der Waals surface area (Å²) in [5.41, 5.74) is 6.12. The zero-order valence-corrected chi connectivity index (χ0v) is 9.57. The Balaban J connectivity index is 2.73. The van der Waals surface area contributed by atoms with Gasteiger partial charge >= 0.3 is 0 Å². The number of sulfone groups is 1. The van der Waals surface area contributed by atoms with Crippen molar-refractivity contribution in [2.24, 2.45) is 5.73 Å². The fraction of sp³-hybridized carbons (Fsp3) is 0.500. The molecule has 0 aliphatic heterocycles. The fourth-order valence-corrected chi connectivity index (χ4v) is 2.70. The van der Waals surface area contributed by atoms with Gasteiger partial charge < -0.3 is 5.73 Å². The van der Waals surface area contributed by atoms with Gasteiger partial charge in [0, 0.05) is 12.4 Å². The van der Waals surface area contributed by atoms with Crippen LogP contribution in [0.4, 0.5) is 0 Å². The third-order valence-electron chi connectivity index (χ3n) is 2.30. The van der Waals surface area contributed by atoms with Crippen LogP contribution in [-0.2, 0) is 15.6 Å². The molecule has 0 saturated carbocycles. The standard InChI is InChI=1S/C10H16N2O2S/c1-9(2-5-11)15(13,14)8-10-3-6-12-7-4-10/h3-4,6-7,9H,2,5,8,11H2,1H3. The minimum atomic E-state index is -3.08. The van der Waals surface area contributed by atoms with Crippen molar-refractivity contribution in [3.63, 3.8) is 0 Å². The summed E-state index contributed by atoms with van der Waals surface area (Å²) >= 11 is 0. The minimum Gasteiger partial charge on any atom is -0.330 e. The predicted octanol–water partition coefficient (Wildman–Crippen LogP) is 0.734. The van der Waals surface area contributed by atoms with Gasteiger partial charge in [0.1, 0.15) is 0 Å². The number of hydrogen-bond acceptors (Lipinski definition) is 4. The summed E-state index contributed by atoms with van der Waals surface area (Å²) in [6.07, 6.45) is 3.70. The molecule has 2 N–H and O–H groups in total. The van der Waals surface area contributed by atoms with Crippen LogP contribution in [0, 0.1) is 0 Å². The third-order valence-corrected chi connectivity index (χ3v) is 4.50. The van der Waals surface area contributed by atoms with E-state index in [0.717, 1.165) is 5.56 Å². The molecule has 0 aliphatic carbocycles. The molecule has 0 amide bonds. The normalized spacial score (nSPS) is 13.7. The Kier molecular flexibility index (Phi) is 4.23. The van der Waals surface area contributed by atoms with Crippen LogP contribution in [-0.4, -0.2) is 25.2 Å². The van der Waals surface area contributed by atoms with E-state index >= 15 is 0 Å². The number of aromatic nitrogens is 1.